The zero-order chi connectivity index (χ0) is 18.9. The smallest absolute Gasteiger partial charge is 0.242 e. The first-order valence-electron chi connectivity index (χ1n) is 8.26. The maximum absolute atomic E-state index is 12.6. The molecule has 0 aliphatic carbocycles. The monoisotopic (exact) mass is 354 g/mol. The van der Waals surface area contributed by atoms with Crippen molar-refractivity contribution in [1.29, 1.82) is 5.26 Å². The molecule has 1 N–H and O–H groups in total. The zero-order valence-electron chi connectivity index (χ0n) is 15.1. The number of anilines is 1. The molecule has 6 nitrogen and oxygen atoms in total. The summed E-state index contributed by atoms with van der Waals surface area (Å²) >= 11 is 0. The SMILES string of the molecule is CCOc1ccccc1NC(=O)[C@@H](C#N)Cc1ccc(OC)cc1OC. The number of hydrogen-bond donors (Lipinski definition) is 1. The first-order valence-corrected chi connectivity index (χ1v) is 8.26. The first kappa shape index (κ1) is 19.1. The molecule has 0 aromatic heterocycles. The number of nitrogens with one attached hydrogen (secondary N) is 1. The third-order valence-electron chi connectivity index (χ3n) is 3.84. The number of amides is 1. The third-order valence-corrected chi connectivity index (χ3v) is 3.84. The molecule has 0 spiro atoms. The Balaban J connectivity index is 2.16. The van der Waals surface area contributed by atoms with Gasteiger partial charge in [0, 0.05) is 12.5 Å². The Kier molecular flexibility index (Phi) is 6.86. The van der Waals surface area contributed by atoms with Crippen LogP contribution in [0.2, 0.25) is 0 Å². The van der Waals surface area contributed by atoms with Crippen LogP contribution in [0.1, 0.15) is 12.5 Å². The molecule has 1 amide bonds. The zero-order valence-corrected chi connectivity index (χ0v) is 15.1. The molecule has 136 valence electrons. The number of carbonyl (C=O) groups excluding carboxylic acids is 1. The van der Waals surface area contributed by atoms with Gasteiger partial charge in [-0.25, -0.2) is 0 Å². The number of carbonyl (C=O) groups is 1. The van der Waals surface area contributed by atoms with Gasteiger partial charge in [-0.05, 0) is 30.7 Å². The van der Waals surface area contributed by atoms with E-state index in [0.29, 0.717) is 29.5 Å². The number of para-hydroxylation sites is 2. The fraction of sp³-hybridized carbons (Fsp3) is 0.300. The van der Waals surface area contributed by atoms with Crippen molar-refractivity contribution < 1.29 is 19.0 Å². The van der Waals surface area contributed by atoms with Crippen LogP contribution in [0.3, 0.4) is 0 Å². The number of hydrogen-bond acceptors (Lipinski definition) is 5. The lowest BCUT2D eigenvalue weighted by atomic mass is 9.98. The lowest BCUT2D eigenvalue weighted by molar-refractivity contribution is -0.118. The number of benzene rings is 2. The molecule has 0 aliphatic rings. The van der Waals surface area contributed by atoms with Crippen molar-refractivity contribution in [3.8, 4) is 23.3 Å². The summed E-state index contributed by atoms with van der Waals surface area (Å²) in [5, 5.41) is 12.2. The highest BCUT2D eigenvalue weighted by Crippen LogP contribution is 2.28. The Hall–Kier alpha value is -3.20. The molecule has 2 aromatic rings. The quantitative estimate of drug-likeness (QED) is 0.785. The maximum atomic E-state index is 12.6. The summed E-state index contributed by atoms with van der Waals surface area (Å²) in [6.45, 7) is 2.35. The molecule has 0 fully saturated rings. The van der Waals surface area contributed by atoms with Crippen molar-refractivity contribution in [2.45, 2.75) is 13.3 Å². The topological polar surface area (TPSA) is 80.6 Å². The predicted molar refractivity (Wildman–Crippen MR) is 98.6 cm³/mol. The highest BCUT2D eigenvalue weighted by molar-refractivity contribution is 5.95. The van der Waals surface area contributed by atoms with E-state index in [-0.39, 0.29) is 6.42 Å². The molecular weight excluding hydrogens is 332 g/mol. The molecule has 0 saturated heterocycles. The van der Waals surface area contributed by atoms with Gasteiger partial charge in [0.05, 0.1) is 32.6 Å². The van der Waals surface area contributed by atoms with Gasteiger partial charge in [0.2, 0.25) is 5.91 Å². The Bertz CT molecular complexity index is 799. The molecule has 26 heavy (non-hydrogen) atoms. The highest BCUT2D eigenvalue weighted by atomic mass is 16.5. The van der Waals surface area contributed by atoms with Gasteiger partial charge in [-0.1, -0.05) is 18.2 Å². The maximum Gasteiger partial charge on any atom is 0.242 e. The fourth-order valence-electron chi connectivity index (χ4n) is 2.51. The van der Waals surface area contributed by atoms with E-state index in [4.69, 9.17) is 14.2 Å². The number of ether oxygens (including phenoxy) is 3. The van der Waals surface area contributed by atoms with E-state index in [0.717, 1.165) is 5.56 Å². The summed E-state index contributed by atoms with van der Waals surface area (Å²) in [5.41, 5.74) is 1.30. The van der Waals surface area contributed by atoms with Crippen LogP contribution in [0.25, 0.3) is 0 Å². The van der Waals surface area contributed by atoms with Gasteiger partial charge in [-0.3, -0.25) is 4.79 Å². The summed E-state index contributed by atoms with van der Waals surface area (Å²) in [5.74, 6) is 0.535. The Morgan fingerprint density at radius 3 is 2.58 bits per heavy atom. The van der Waals surface area contributed by atoms with Crippen molar-refractivity contribution in [1.82, 2.24) is 0 Å². The van der Waals surface area contributed by atoms with Gasteiger partial charge in [0.1, 0.15) is 23.2 Å². The van der Waals surface area contributed by atoms with Crippen LogP contribution in [0.4, 0.5) is 5.69 Å². The summed E-state index contributed by atoms with van der Waals surface area (Å²) in [7, 11) is 3.11. The molecule has 2 rings (SSSR count). The van der Waals surface area contributed by atoms with Crippen molar-refractivity contribution in [3.63, 3.8) is 0 Å². The van der Waals surface area contributed by atoms with Gasteiger partial charge < -0.3 is 19.5 Å². The molecule has 2 aromatic carbocycles. The minimum absolute atomic E-state index is 0.228. The molecule has 0 heterocycles. The second-order valence-electron chi connectivity index (χ2n) is 5.48. The fourth-order valence-corrected chi connectivity index (χ4v) is 2.51. The largest absolute Gasteiger partial charge is 0.497 e. The van der Waals surface area contributed by atoms with Crippen LogP contribution in [-0.2, 0) is 11.2 Å². The first-order chi connectivity index (χ1) is 12.6. The predicted octanol–water partition coefficient (Wildman–Crippen LogP) is 3.42. The van der Waals surface area contributed by atoms with Crippen LogP contribution in [-0.4, -0.2) is 26.7 Å². The van der Waals surface area contributed by atoms with Gasteiger partial charge in [-0.15, -0.1) is 0 Å². The molecule has 0 aliphatic heterocycles. The van der Waals surface area contributed by atoms with E-state index in [2.05, 4.69) is 11.4 Å². The van der Waals surface area contributed by atoms with Crippen LogP contribution in [0.5, 0.6) is 17.2 Å². The second-order valence-corrected chi connectivity index (χ2v) is 5.48. The summed E-state index contributed by atoms with van der Waals surface area (Å²) < 4.78 is 16.0. The Morgan fingerprint density at radius 2 is 1.92 bits per heavy atom. The van der Waals surface area contributed by atoms with E-state index in [9.17, 15) is 10.1 Å². The number of nitriles is 1. The van der Waals surface area contributed by atoms with Gasteiger partial charge in [0.15, 0.2) is 0 Å². The normalized spacial score (nSPS) is 11.2. The molecule has 0 unspecified atom stereocenters. The van der Waals surface area contributed by atoms with Crippen molar-refractivity contribution in [2.75, 3.05) is 26.1 Å². The summed E-state index contributed by atoms with van der Waals surface area (Å²) in [6, 6.07) is 14.5. The molecule has 0 radical (unpaired) electrons. The number of nitrogens with zero attached hydrogens (tertiary/aromatic N) is 1. The van der Waals surface area contributed by atoms with E-state index in [1.54, 1.807) is 43.5 Å². The standard InChI is InChI=1S/C20H22N2O4/c1-4-26-18-8-6-5-7-17(18)22-20(23)15(13-21)11-14-9-10-16(24-2)12-19(14)25-3/h5-10,12,15H,4,11H2,1-3H3,(H,22,23)/t15-/m1/s1. The number of methoxy groups -OCH3 is 2. The lowest BCUT2D eigenvalue weighted by Gasteiger charge is -2.15. The van der Waals surface area contributed by atoms with Crippen LogP contribution < -0.4 is 19.5 Å². The van der Waals surface area contributed by atoms with Crippen LogP contribution in [0, 0.1) is 17.2 Å². The van der Waals surface area contributed by atoms with E-state index in [1.807, 2.05) is 13.0 Å². The lowest BCUT2D eigenvalue weighted by Crippen LogP contribution is -2.24. The minimum Gasteiger partial charge on any atom is -0.497 e. The molecule has 0 saturated carbocycles. The van der Waals surface area contributed by atoms with E-state index in [1.165, 1.54) is 7.11 Å². The summed E-state index contributed by atoms with van der Waals surface area (Å²) in [4.78, 5) is 12.6. The second kappa shape index (κ2) is 9.33. The Morgan fingerprint density at radius 1 is 1.15 bits per heavy atom. The molecule has 1 atom stereocenters. The average molecular weight is 354 g/mol. The number of rotatable bonds is 8. The van der Waals surface area contributed by atoms with Gasteiger partial charge in [-0.2, -0.15) is 5.26 Å². The van der Waals surface area contributed by atoms with Crippen LogP contribution in [0.15, 0.2) is 42.5 Å². The molecular formula is C20H22N2O4. The van der Waals surface area contributed by atoms with Crippen LogP contribution >= 0.6 is 0 Å². The Labute approximate surface area is 153 Å². The summed E-state index contributed by atoms with van der Waals surface area (Å²) in [6.07, 6.45) is 0.228. The third kappa shape index (κ3) is 4.67. The average Bonchev–Trinajstić information content (AvgIpc) is 2.67. The van der Waals surface area contributed by atoms with Gasteiger partial charge >= 0.3 is 0 Å². The van der Waals surface area contributed by atoms with Crippen molar-refractivity contribution in [2.24, 2.45) is 5.92 Å². The van der Waals surface area contributed by atoms with Crippen molar-refractivity contribution >= 4 is 11.6 Å². The van der Waals surface area contributed by atoms with E-state index >= 15 is 0 Å². The minimum atomic E-state index is -0.869. The molecule has 0 bridgehead atoms. The van der Waals surface area contributed by atoms with Crippen molar-refractivity contribution in [3.05, 3.63) is 48.0 Å². The molecule has 6 heteroatoms. The van der Waals surface area contributed by atoms with E-state index < -0.39 is 11.8 Å². The van der Waals surface area contributed by atoms with Gasteiger partial charge in [0.25, 0.3) is 0 Å². The highest BCUT2D eigenvalue weighted by Gasteiger charge is 2.21.